The topological polar surface area (TPSA) is 0 Å². The van der Waals surface area contributed by atoms with E-state index in [9.17, 15) is 0 Å². The van der Waals surface area contributed by atoms with Gasteiger partial charge in [-0.15, -0.1) is 0 Å². The first-order chi connectivity index (χ1) is 0. The van der Waals surface area contributed by atoms with Crippen LogP contribution in [0.4, 0.5) is 0 Å². The SMILES string of the molecule is [AlH3].[Cd].[Fe].[Ti]. The van der Waals surface area contributed by atoms with Gasteiger partial charge in [0.1, 0.15) is 0 Å². The summed E-state index contributed by atoms with van der Waals surface area (Å²) in [7, 11) is 0. The Morgan fingerprint density at radius 3 is 1.00 bits per heavy atom. The quantitative estimate of drug-likeness (QED) is 0.471. The van der Waals surface area contributed by atoms with Gasteiger partial charge < -0.3 is 0 Å². The summed E-state index contributed by atoms with van der Waals surface area (Å²) in [6.45, 7) is 0. The Balaban J connectivity index is 0. The van der Waals surface area contributed by atoms with Crippen LogP contribution in [-0.2, 0) is 66.1 Å². The summed E-state index contributed by atoms with van der Waals surface area (Å²) < 4.78 is 0. The predicted octanol–water partition coefficient (Wildman–Crippen LogP) is -1.19. The van der Waals surface area contributed by atoms with E-state index in [1.807, 2.05) is 0 Å². The fourth-order valence-electron chi connectivity index (χ4n) is 0. The molecule has 4 heavy (non-hydrogen) atoms. The minimum absolute atomic E-state index is 0. The third-order valence-corrected chi connectivity index (χ3v) is 0. The molecule has 20 valence electrons. The van der Waals surface area contributed by atoms with Gasteiger partial charge in [0.05, 0.1) is 0 Å². The zero-order chi connectivity index (χ0) is 0. The molecule has 0 spiro atoms. The van der Waals surface area contributed by atoms with Gasteiger partial charge in [-0.2, -0.15) is 0 Å². The molecule has 0 fully saturated rings. The second-order valence-corrected chi connectivity index (χ2v) is 0. The van der Waals surface area contributed by atoms with Crippen LogP contribution in [0.2, 0.25) is 0 Å². The molecule has 0 unspecified atom stereocenters. The molecular weight excluding hydrogens is 243 g/mol. The number of hydrogen-bond acceptors (Lipinski definition) is 0. The van der Waals surface area contributed by atoms with Gasteiger partial charge in [0.15, 0.2) is 17.4 Å². The maximum absolute atomic E-state index is 0. The summed E-state index contributed by atoms with van der Waals surface area (Å²) in [5.74, 6) is 0. The summed E-state index contributed by atoms with van der Waals surface area (Å²) in [5, 5.41) is 0. The minimum Gasteiger partial charge on any atom is 0 e. The molecule has 0 bridgehead atoms. The van der Waals surface area contributed by atoms with Gasteiger partial charge >= 0.3 is 0 Å². The van der Waals surface area contributed by atoms with E-state index in [1.54, 1.807) is 0 Å². The Morgan fingerprint density at radius 1 is 1.00 bits per heavy atom. The van der Waals surface area contributed by atoms with Crippen molar-refractivity contribution in [3.05, 3.63) is 0 Å². The van der Waals surface area contributed by atoms with Gasteiger partial charge in [0.25, 0.3) is 0 Å². The average Bonchev–Trinajstić information content (AvgIpc) is 0. The van der Waals surface area contributed by atoms with Gasteiger partial charge in [0.2, 0.25) is 0 Å². The molecule has 0 heterocycles. The van der Waals surface area contributed by atoms with Crippen LogP contribution in [0.5, 0.6) is 0 Å². The molecule has 0 atom stereocenters. The van der Waals surface area contributed by atoms with Crippen molar-refractivity contribution in [3.63, 3.8) is 0 Å². The van der Waals surface area contributed by atoms with Crippen molar-refractivity contribution in [2.45, 2.75) is 0 Å². The summed E-state index contributed by atoms with van der Waals surface area (Å²) in [6.07, 6.45) is 0. The Hall–Kier alpha value is 2.69. The van der Waals surface area contributed by atoms with Crippen LogP contribution in [0, 0.1) is 0 Å². The van der Waals surface area contributed by atoms with Gasteiger partial charge in [0, 0.05) is 66.1 Å². The van der Waals surface area contributed by atoms with E-state index in [4.69, 9.17) is 0 Å². The minimum atomic E-state index is 0. The molecular formula is H3AlCdFeTi. The standard InChI is InChI=1S/Al.Cd.Fe.Ti.3H. The van der Waals surface area contributed by atoms with E-state index in [0.29, 0.717) is 0 Å². The molecule has 0 nitrogen and oxygen atoms in total. The van der Waals surface area contributed by atoms with Crippen molar-refractivity contribution >= 4 is 17.4 Å². The van der Waals surface area contributed by atoms with E-state index in [-0.39, 0.29) is 83.4 Å². The van der Waals surface area contributed by atoms with Crippen molar-refractivity contribution in [1.82, 2.24) is 0 Å². The molecule has 0 amide bonds. The molecule has 0 rings (SSSR count). The molecule has 4 heteroatoms. The fourth-order valence-corrected chi connectivity index (χ4v) is 0. The first-order valence-electron chi connectivity index (χ1n) is 0. The Kier molecular flexibility index (Phi) is 130. The van der Waals surface area contributed by atoms with E-state index in [2.05, 4.69) is 0 Å². The largest absolute Gasteiger partial charge is 0.187 e. The van der Waals surface area contributed by atoms with Crippen LogP contribution in [0.15, 0.2) is 0 Å². The Morgan fingerprint density at radius 2 is 1.00 bits per heavy atom. The second-order valence-electron chi connectivity index (χ2n) is 0. The third kappa shape index (κ3) is 8.82. The molecule has 0 aliphatic heterocycles. The van der Waals surface area contributed by atoms with Crippen LogP contribution >= 0.6 is 0 Å². The zero-order valence-electron chi connectivity index (χ0n) is 1.56. The smallest absolute Gasteiger partial charge is 0 e. The molecule has 0 aliphatic carbocycles. The van der Waals surface area contributed by atoms with Crippen LogP contribution in [0.3, 0.4) is 0 Å². The van der Waals surface area contributed by atoms with Crippen molar-refractivity contribution in [2.24, 2.45) is 0 Å². The van der Waals surface area contributed by atoms with E-state index in [0.717, 1.165) is 0 Å². The van der Waals surface area contributed by atoms with Crippen LogP contribution in [-0.4, -0.2) is 17.4 Å². The van der Waals surface area contributed by atoms with Crippen LogP contribution in [0.25, 0.3) is 0 Å². The van der Waals surface area contributed by atoms with Crippen molar-refractivity contribution in [2.75, 3.05) is 0 Å². The third-order valence-electron chi connectivity index (χ3n) is 0. The molecule has 0 saturated heterocycles. The first kappa shape index (κ1) is 29.9. The Labute approximate surface area is 82.1 Å². The van der Waals surface area contributed by atoms with Gasteiger partial charge in [-0.1, -0.05) is 0 Å². The Bertz CT molecular complexity index is 8.00. The van der Waals surface area contributed by atoms with Crippen molar-refractivity contribution in [3.8, 4) is 0 Å². The molecule has 0 aromatic heterocycles. The van der Waals surface area contributed by atoms with Crippen LogP contribution < -0.4 is 0 Å². The van der Waals surface area contributed by atoms with E-state index in [1.165, 1.54) is 0 Å². The molecule has 0 aromatic carbocycles. The number of hydrogen-bond donors (Lipinski definition) is 0. The van der Waals surface area contributed by atoms with Gasteiger partial charge in [-0.3, -0.25) is 0 Å². The summed E-state index contributed by atoms with van der Waals surface area (Å²) in [5.41, 5.74) is 0. The summed E-state index contributed by atoms with van der Waals surface area (Å²) in [6, 6.07) is 0. The zero-order valence-corrected chi connectivity index (χ0v) is 8.26. The molecule has 0 radical (unpaired) electrons. The predicted molar refractivity (Wildman–Crippen MR) is 9.94 cm³/mol. The number of rotatable bonds is 0. The van der Waals surface area contributed by atoms with Crippen molar-refractivity contribution < 1.29 is 66.1 Å². The van der Waals surface area contributed by atoms with Crippen LogP contribution in [0.1, 0.15) is 0 Å². The molecule has 0 saturated carbocycles. The molecule has 0 aliphatic rings. The monoisotopic (exact) mass is 248 g/mol. The summed E-state index contributed by atoms with van der Waals surface area (Å²) >= 11 is 0. The first-order valence-corrected chi connectivity index (χ1v) is 0. The second kappa shape index (κ2) is 17.3. The van der Waals surface area contributed by atoms with Crippen molar-refractivity contribution in [1.29, 1.82) is 0 Å². The maximum atomic E-state index is 0. The average molecular weight is 246 g/mol. The fraction of sp³-hybridized carbons (Fsp3) is 0. The maximum Gasteiger partial charge on any atom is 0.187 e. The molecule has 0 aromatic rings. The normalized spacial score (nSPS) is 0. The summed E-state index contributed by atoms with van der Waals surface area (Å²) in [4.78, 5) is 0. The van der Waals surface area contributed by atoms with Gasteiger partial charge in [-0.05, 0) is 0 Å². The molecule has 0 N–H and O–H groups in total. The van der Waals surface area contributed by atoms with Gasteiger partial charge in [-0.25, -0.2) is 0 Å². The van der Waals surface area contributed by atoms with E-state index >= 15 is 0 Å². The van der Waals surface area contributed by atoms with E-state index < -0.39 is 0 Å².